The van der Waals surface area contributed by atoms with Gasteiger partial charge in [0.25, 0.3) is 0 Å². The lowest BCUT2D eigenvalue weighted by Gasteiger charge is -2.12. The van der Waals surface area contributed by atoms with Gasteiger partial charge in [0.15, 0.2) is 0 Å². The average Bonchev–Trinajstić information content (AvgIpc) is 3.11. The summed E-state index contributed by atoms with van der Waals surface area (Å²) in [7, 11) is 0. The number of esters is 1. The van der Waals surface area contributed by atoms with Crippen LogP contribution in [0.3, 0.4) is 0 Å². The van der Waals surface area contributed by atoms with Gasteiger partial charge in [0.2, 0.25) is 5.91 Å². The maximum atomic E-state index is 12.5. The van der Waals surface area contributed by atoms with Crippen molar-refractivity contribution in [2.75, 3.05) is 18.5 Å². The molecule has 0 unspecified atom stereocenters. The first-order chi connectivity index (χ1) is 14.6. The van der Waals surface area contributed by atoms with Gasteiger partial charge in [0.05, 0.1) is 18.8 Å². The van der Waals surface area contributed by atoms with Crippen LogP contribution in [0.5, 0.6) is 5.75 Å². The molecule has 5 nitrogen and oxygen atoms in total. The molecule has 2 aromatic rings. The molecule has 1 N–H and O–H groups in total. The van der Waals surface area contributed by atoms with Gasteiger partial charge in [0.1, 0.15) is 10.8 Å². The monoisotopic (exact) mass is 427 g/mol. The van der Waals surface area contributed by atoms with Gasteiger partial charge in [-0.3, -0.25) is 4.79 Å². The molecule has 0 radical (unpaired) electrons. The molecule has 1 aliphatic carbocycles. The Bertz CT molecular complexity index is 899. The molecule has 0 spiro atoms. The topological polar surface area (TPSA) is 64.6 Å². The predicted octanol–water partition coefficient (Wildman–Crippen LogP) is 5.63. The number of nitrogens with one attached hydrogen (secondary N) is 1. The van der Waals surface area contributed by atoms with E-state index in [1.54, 1.807) is 13.0 Å². The van der Waals surface area contributed by atoms with Crippen molar-refractivity contribution >= 4 is 34.3 Å². The van der Waals surface area contributed by atoms with E-state index in [1.165, 1.54) is 22.3 Å². The summed E-state index contributed by atoms with van der Waals surface area (Å²) >= 11 is 1.49. The highest BCUT2D eigenvalue weighted by Crippen LogP contribution is 2.38. The molecule has 1 aliphatic rings. The highest BCUT2D eigenvalue weighted by molar-refractivity contribution is 7.17. The molecule has 0 aliphatic heterocycles. The summed E-state index contributed by atoms with van der Waals surface area (Å²) < 4.78 is 10.9. The van der Waals surface area contributed by atoms with Crippen LogP contribution in [0.2, 0.25) is 0 Å². The van der Waals surface area contributed by atoms with E-state index in [4.69, 9.17) is 9.47 Å². The molecule has 1 amide bonds. The lowest BCUT2D eigenvalue weighted by Crippen LogP contribution is -2.14. The van der Waals surface area contributed by atoms with E-state index in [0.717, 1.165) is 55.4 Å². The number of benzene rings is 1. The summed E-state index contributed by atoms with van der Waals surface area (Å²) in [6, 6.07) is 7.64. The van der Waals surface area contributed by atoms with Crippen LogP contribution >= 0.6 is 11.3 Å². The summed E-state index contributed by atoms with van der Waals surface area (Å²) in [6.45, 7) is 4.94. The number of hydrogen-bond donors (Lipinski definition) is 1. The molecule has 6 heteroatoms. The molecule has 30 heavy (non-hydrogen) atoms. The number of anilines is 1. The van der Waals surface area contributed by atoms with Crippen molar-refractivity contribution in [3.05, 3.63) is 51.9 Å². The van der Waals surface area contributed by atoms with E-state index in [9.17, 15) is 9.59 Å². The van der Waals surface area contributed by atoms with Gasteiger partial charge in [-0.1, -0.05) is 25.5 Å². The fraction of sp³-hybridized carbons (Fsp3) is 0.417. The number of fused-ring (bicyclic) bond motifs is 1. The van der Waals surface area contributed by atoms with Crippen molar-refractivity contribution in [2.24, 2.45) is 0 Å². The minimum Gasteiger partial charge on any atom is -0.494 e. The Kier molecular flexibility index (Phi) is 8.08. The Morgan fingerprint density at radius 2 is 1.90 bits per heavy atom. The fourth-order valence-electron chi connectivity index (χ4n) is 3.41. The molecule has 0 saturated carbocycles. The number of ether oxygens (including phenoxy) is 2. The second-order valence-electron chi connectivity index (χ2n) is 7.23. The predicted molar refractivity (Wildman–Crippen MR) is 121 cm³/mol. The zero-order valence-corrected chi connectivity index (χ0v) is 18.5. The van der Waals surface area contributed by atoms with Gasteiger partial charge < -0.3 is 14.8 Å². The second-order valence-corrected chi connectivity index (χ2v) is 8.33. The van der Waals surface area contributed by atoms with Crippen molar-refractivity contribution in [2.45, 2.75) is 52.4 Å². The van der Waals surface area contributed by atoms with E-state index in [-0.39, 0.29) is 11.9 Å². The molecule has 1 aromatic carbocycles. The third kappa shape index (κ3) is 5.72. The van der Waals surface area contributed by atoms with E-state index >= 15 is 0 Å². The van der Waals surface area contributed by atoms with Crippen molar-refractivity contribution in [1.82, 2.24) is 0 Å². The average molecular weight is 428 g/mol. The van der Waals surface area contributed by atoms with Crippen LogP contribution in [-0.4, -0.2) is 25.1 Å². The van der Waals surface area contributed by atoms with Crippen LogP contribution in [0.4, 0.5) is 5.00 Å². The highest BCUT2D eigenvalue weighted by atomic mass is 32.1. The number of carbonyl (C=O) groups is 2. The summed E-state index contributed by atoms with van der Waals surface area (Å²) in [5, 5.41) is 3.48. The minimum atomic E-state index is -0.352. The van der Waals surface area contributed by atoms with Crippen molar-refractivity contribution < 1.29 is 19.1 Å². The second kappa shape index (κ2) is 11.0. The molecule has 3 rings (SSSR count). The number of unbranched alkanes of at least 4 members (excludes halogenated alkanes) is 1. The molecule has 0 saturated heterocycles. The first kappa shape index (κ1) is 22.1. The first-order valence-electron chi connectivity index (χ1n) is 10.7. The Morgan fingerprint density at radius 1 is 1.13 bits per heavy atom. The third-order valence-electron chi connectivity index (χ3n) is 4.96. The van der Waals surface area contributed by atoms with Gasteiger partial charge in [-0.25, -0.2) is 4.79 Å². The number of aryl methyl sites for hydroxylation is 1. The molecule has 160 valence electrons. The van der Waals surface area contributed by atoms with E-state index in [1.807, 2.05) is 24.3 Å². The molecular formula is C24H29NO4S. The number of carbonyl (C=O) groups excluding carboxylic acids is 2. The Labute approximate surface area is 182 Å². The standard InChI is InChI=1S/C24H29NO4S/c1-3-5-16-29-18-13-10-17(11-14-18)12-15-21(26)25-23-22(24(27)28-4-2)19-8-6-7-9-20(19)30-23/h10-15H,3-9,16H2,1-2H3,(H,25,26). The number of amides is 1. The molecule has 1 heterocycles. The zero-order chi connectivity index (χ0) is 21.3. The van der Waals surface area contributed by atoms with Crippen LogP contribution in [0, 0.1) is 0 Å². The normalized spacial score (nSPS) is 13.1. The Balaban J connectivity index is 1.67. The van der Waals surface area contributed by atoms with E-state index in [0.29, 0.717) is 23.8 Å². The van der Waals surface area contributed by atoms with Gasteiger partial charge in [0, 0.05) is 11.0 Å². The van der Waals surface area contributed by atoms with E-state index in [2.05, 4.69) is 12.2 Å². The summed E-state index contributed by atoms with van der Waals surface area (Å²) in [5.41, 5.74) is 2.48. The molecule has 0 atom stereocenters. The van der Waals surface area contributed by atoms with Crippen molar-refractivity contribution in [3.8, 4) is 5.75 Å². The molecule has 0 bridgehead atoms. The van der Waals surface area contributed by atoms with Gasteiger partial charge >= 0.3 is 5.97 Å². The Morgan fingerprint density at radius 3 is 2.63 bits per heavy atom. The summed E-state index contributed by atoms with van der Waals surface area (Å²) in [4.78, 5) is 26.2. The Hall–Kier alpha value is -2.60. The lowest BCUT2D eigenvalue weighted by atomic mass is 9.95. The lowest BCUT2D eigenvalue weighted by molar-refractivity contribution is -0.111. The fourth-order valence-corrected chi connectivity index (χ4v) is 4.69. The quantitative estimate of drug-likeness (QED) is 0.320. The maximum Gasteiger partial charge on any atom is 0.341 e. The highest BCUT2D eigenvalue weighted by Gasteiger charge is 2.26. The van der Waals surface area contributed by atoms with Crippen molar-refractivity contribution in [1.29, 1.82) is 0 Å². The largest absolute Gasteiger partial charge is 0.494 e. The first-order valence-corrected chi connectivity index (χ1v) is 11.5. The van der Waals surface area contributed by atoms with Crippen LogP contribution in [-0.2, 0) is 22.4 Å². The number of thiophene rings is 1. The van der Waals surface area contributed by atoms with Crippen molar-refractivity contribution in [3.63, 3.8) is 0 Å². The van der Waals surface area contributed by atoms with Crippen LogP contribution in [0.1, 0.15) is 65.9 Å². The summed E-state index contributed by atoms with van der Waals surface area (Å²) in [5.74, 6) is 0.213. The molecule has 1 aromatic heterocycles. The smallest absolute Gasteiger partial charge is 0.341 e. The SMILES string of the molecule is CCCCOc1ccc(C=CC(=O)Nc2sc3c(c2C(=O)OCC)CCCC3)cc1. The van der Waals surface area contributed by atoms with Gasteiger partial charge in [-0.15, -0.1) is 11.3 Å². The maximum absolute atomic E-state index is 12.5. The number of rotatable bonds is 9. The van der Waals surface area contributed by atoms with Crippen LogP contribution < -0.4 is 10.1 Å². The van der Waals surface area contributed by atoms with Crippen LogP contribution in [0.15, 0.2) is 30.3 Å². The zero-order valence-electron chi connectivity index (χ0n) is 17.7. The minimum absolute atomic E-state index is 0.262. The third-order valence-corrected chi connectivity index (χ3v) is 6.17. The van der Waals surface area contributed by atoms with Gasteiger partial charge in [-0.2, -0.15) is 0 Å². The van der Waals surface area contributed by atoms with Crippen LogP contribution in [0.25, 0.3) is 6.08 Å². The molecular weight excluding hydrogens is 398 g/mol. The molecule has 0 fully saturated rings. The summed E-state index contributed by atoms with van der Waals surface area (Å²) in [6.07, 6.45) is 9.35. The van der Waals surface area contributed by atoms with Gasteiger partial charge in [-0.05, 0) is 68.4 Å². The number of hydrogen-bond acceptors (Lipinski definition) is 5. The van der Waals surface area contributed by atoms with E-state index < -0.39 is 0 Å².